The highest BCUT2D eigenvalue weighted by Crippen LogP contribution is 2.61. The number of nitrogens with one attached hydrogen (secondary N) is 2. The number of benzene rings is 2. The summed E-state index contributed by atoms with van der Waals surface area (Å²) in [7, 11) is 0. The number of fused-ring (bicyclic) bond motifs is 3. The molecule has 3 saturated carbocycles. The Bertz CT molecular complexity index is 1740. The van der Waals surface area contributed by atoms with E-state index in [9.17, 15) is 4.79 Å². The van der Waals surface area contributed by atoms with Gasteiger partial charge in [-0.2, -0.15) is 0 Å². The average Bonchev–Trinajstić information content (AvgIpc) is 3.05. The molecule has 0 amide bonds. The van der Waals surface area contributed by atoms with Gasteiger partial charge in [-0.3, -0.25) is 9.36 Å². The van der Waals surface area contributed by atoms with E-state index in [0.717, 1.165) is 42.6 Å². The molecule has 11 heteroatoms. The predicted molar refractivity (Wildman–Crippen MR) is 197 cm³/mol. The Morgan fingerprint density at radius 3 is 2.50 bits per heavy atom. The first-order valence-electron chi connectivity index (χ1n) is 17.6. The minimum absolute atomic E-state index is 0.0605. The van der Waals surface area contributed by atoms with Gasteiger partial charge in [-0.05, 0) is 92.2 Å². The lowest BCUT2D eigenvalue weighted by atomic mass is 9.45. The second kappa shape index (κ2) is 13.5. The van der Waals surface area contributed by atoms with Crippen LogP contribution < -0.4 is 21.1 Å². The first-order valence-corrected chi connectivity index (χ1v) is 18.4. The predicted octanol–water partition coefficient (Wildman–Crippen LogP) is 6.30. The van der Waals surface area contributed by atoms with Crippen molar-refractivity contribution in [3.8, 4) is 0 Å². The van der Waals surface area contributed by atoms with Crippen molar-refractivity contribution in [1.82, 2.24) is 19.8 Å². The van der Waals surface area contributed by atoms with E-state index in [1.165, 1.54) is 6.42 Å². The SMILES string of the molecule is C[C@@H]1[C@@H](N=C(Nc2ccc3c(=O)n(CCc4ccc(Cl)cc4Cl)c(N4CCOCC4)nc3c2)N2C[C@@H](C)N[C@@H](C)C2)C[C@@H]2C[C@H]1C2(C)C. The number of rotatable bonds is 6. The van der Waals surface area contributed by atoms with E-state index >= 15 is 0 Å². The number of piperazine rings is 1. The van der Waals surface area contributed by atoms with E-state index in [4.69, 9.17) is 37.9 Å². The van der Waals surface area contributed by atoms with Gasteiger partial charge in [-0.1, -0.05) is 50.0 Å². The van der Waals surface area contributed by atoms with Gasteiger partial charge in [-0.15, -0.1) is 0 Å². The molecule has 258 valence electrons. The number of morpholine rings is 1. The zero-order valence-corrected chi connectivity index (χ0v) is 30.3. The third kappa shape index (κ3) is 6.55. The van der Waals surface area contributed by atoms with Crippen molar-refractivity contribution in [2.45, 2.75) is 78.6 Å². The number of halogens is 2. The number of guanidine groups is 1. The van der Waals surface area contributed by atoms with Crippen molar-refractivity contribution in [2.24, 2.45) is 28.2 Å². The first-order chi connectivity index (χ1) is 23.0. The molecule has 2 N–H and O–H groups in total. The maximum Gasteiger partial charge on any atom is 0.262 e. The fraction of sp³-hybridized carbons (Fsp3) is 0.595. The van der Waals surface area contributed by atoms with Crippen LogP contribution in [0.25, 0.3) is 10.9 Å². The molecule has 6 atom stereocenters. The van der Waals surface area contributed by atoms with Gasteiger partial charge in [-0.25, -0.2) is 9.98 Å². The number of hydrogen-bond acceptors (Lipinski definition) is 6. The Balaban J connectivity index is 1.22. The fourth-order valence-electron chi connectivity index (χ4n) is 8.72. The standard InChI is InChI=1S/C37H49Cl2N7O2/c1-22-20-45(21-23(2)40-22)35(42-32-17-26-16-30(24(32)3)37(26,4)5)41-28-8-9-29-33(19-28)43-36(44-12-14-48-15-13-44)46(34(29)47)11-10-25-6-7-27(38)18-31(25)39/h6-9,18-19,22-24,26,30,32,40H,10-17,20-21H2,1-5H3,(H,41,42)/t22-,23+,24-,26-,30+,32-/m0/s1. The number of aliphatic imine (C=N–C) groups is 1. The minimum Gasteiger partial charge on any atom is -0.378 e. The summed E-state index contributed by atoms with van der Waals surface area (Å²) < 4.78 is 7.43. The monoisotopic (exact) mass is 693 g/mol. The largest absolute Gasteiger partial charge is 0.378 e. The van der Waals surface area contributed by atoms with Crippen LogP contribution in [0.15, 0.2) is 46.2 Å². The molecule has 2 aliphatic heterocycles. The second-order valence-corrected chi connectivity index (χ2v) is 16.0. The van der Waals surface area contributed by atoms with Gasteiger partial charge in [0.1, 0.15) is 0 Å². The molecule has 2 aromatic carbocycles. The third-order valence-corrected chi connectivity index (χ3v) is 12.2. The van der Waals surface area contributed by atoms with E-state index in [0.29, 0.717) is 95.5 Å². The van der Waals surface area contributed by atoms with Crippen molar-refractivity contribution >= 4 is 51.7 Å². The van der Waals surface area contributed by atoms with Gasteiger partial charge in [0, 0.05) is 60.5 Å². The molecular weight excluding hydrogens is 645 g/mol. The molecule has 5 fully saturated rings. The summed E-state index contributed by atoms with van der Waals surface area (Å²) in [4.78, 5) is 29.3. The number of aryl methyl sites for hydroxylation is 1. The van der Waals surface area contributed by atoms with Crippen LogP contribution in [0.4, 0.5) is 11.6 Å². The Labute approximate surface area is 294 Å². The van der Waals surface area contributed by atoms with E-state index < -0.39 is 0 Å². The van der Waals surface area contributed by atoms with Crippen LogP contribution in [-0.4, -0.2) is 77.9 Å². The molecule has 3 aliphatic carbocycles. The molecule has 48 heavy (non-hydrogen) atoms. The van der Waals surface area contributed by atoms with Gasteiger partial charge in [0.05, 0.1) is 30.2 Å². The Kier molecular flexibility index (Phi) is 9.43. The quantitative estimate of drug-likeness (QED) is 0.231. The van der Waals surface area contributed by atoms with E-state index in [1.807, 2.05) is 30.3 Å². The molecule has 1 aromatic heterocycles. The van der Waals surface area contributed by atoms with E-state index in [2.05, 4.69) is 55.1 Å². The molecule has 2 saturated heterocycles. The second-order valence-electron chi connectivity index (χ2n) is 15.2. The zero-order valence-electron chi connectivity index (χ0n) is 28.8. The van der Waals surface area contributed by atoms with Gasteiger partial charge in [0.2, 0.25) is 5.95 Å². The lowest BCUT2D eigenvalue weighted by Gasteiger charge is -2.61. The van der Waals surface area contributed by atoms with Crippen LogP contribution in [0.3, 0.4) is 0 Å². The number of aromatic nitrogens is 2. The topological polar surface area (TPSA) is 87.0 Å². The summed E-state index contributed by atoms with van der Waals surface area (Å²) in [6, 6.07) is 12.4. The molecule has 2 bridgehead atoms. The van der Waals surface area contributed by atoms with E-state index in [1.54, 1.807) is 10.6 Å². The van der Waals surface area contributed by atoms with Crippen molar-refractivity contribution in [2.75, 3.05) is 49.6 Å². The molecule has 0 spiro atoms. The molecule has 0 radical (unpaired) electrons. The van der Waals surface area contributed by atoms with Crippen molar-refractivity contribution < 1.29 is 4.74 Å². The van der Waals surface area contributed by atoms with Gasteiger partial charge >= 0.3 is 0 Å². The van der Waals surface area contributed by atoms with Crippen LogP contribution in [-0.2, 0) is 17.7 Å². The smallest absolute Gasteiger partial charge is 0.262 e. The van der Waals surface area contributed by atoms with Gasteiger partial charge in [0.15, 0.2) is 5.96 Å². The molecule has 0 unspecified atom stereocenters. The van der Waals surface area contributed by atoms with Crippen LogP contribution in [0.5, 0.6) is 0 Å². The Hall–Kier alpha value is -2.85. The number of hydrogen-bond donors (Lipinski definition) is 2. The molecule has 3 heterocycles. The number of ether oxygens (including phenoxy) is 1. The summed E-state index contributed by atoms with van der Waals surface area (Å²) in [6.45, 7) is 16.5. The summed E-state index contributed by atoms with van der Waals surface area (Å²) in [5.74, 6) is 3.57. The highest BCUT2D eigenvalue weighted by molar-refractivity contribution is 6.35. The lowest BCUT2D eigenvalue weighted by Crippen LogP contribution is -2.59. The maximum absolute atomic E-state index is 14.1. The average molecular weight is 695 g/mol. The van der Waals surface area contributed by atoms with Crippen LogP contribution >= 0.6 is 23.2 Å². The summed E-state index contributed by atoms with van der Waals surface area (Å²) in [5, 5.41) is 9.18. The molecule has 8 rings (SSSR count). The highest BCUT2D eigenvalue weighted by Gasteiger charge is 2.56. The molecule has 3 aromatic rings. The van der Waals surface area contributed by atoms with Crippen molar-refractivity contribution in [3.05, 3.63) is 62.4 Å². The van der Waals surface area contributed by atoms with Crippen molar-refractivity contribution in [3.63, 3.8) is 0 Å². The van der Waals surface area contributed by atoms with Crippen LogP contribution in [0.2, 0.25) is 10.0 Å². The Morgan fingerprint density at radius 2 is 1.81 bits per heavy atom. The Morgan fingerprint density at radius 1 is 1.06 bits per heavy atom. The lowest BCUT2D eigenvalue weighted by molar-refractivity contribution is -0.108. The summed E-state index contributed by atoms with van der Waals surface area (Å²) in [5.41, 5.74) is 2.85. The van der Waals surface area contributed by atoms with Gasteiger partial charge in [0.25, 0.3) is 5.56 Å². The van der Waals surface area contributed by atoms with Gasteiger partial charge < -0.3 is 25.2 Å². The summed E-state index contributed by atoms with van der Waals surface area (Å²) in [6.07, 6.45) is 3.05. The molecular formula is C37H49Cl2N7O2. The van der Waals surface area contributed by atoms with Crippen molar-refractivity contribution in [1.29, 1.82) is 0 Å². The normalized spacial score (nSPS) is 28.8. The zero-order chi connectivity index (χ0) is 33.7. The number of anilines is 2. The van der Waals surface area contributed by atoms with Crippen LogP contribution in [0, 0.1) is 23.2 Å². The minimum atomic E-state index is -0.0605. The highest BCUT2D eigenvalue weighted by atomic mass is 35.5. The maximum atomic E-state index is 14.1. The molecule has 9 nitrogen and oxygen atoms in total. The number of nitrogens with zero attached hydrogens (tertiary/aromatic N) is 5. The first kappa shape index (κ1) is 33.6. The molecule has 5 aliphatic rings. The fourth-order valence-corrected chi connectivity index (χ4v) is 9.22. The third-order valence-electron chi connectivity index (χ3n) is 11.6. The van der Waals surface area contributed by atoms with Crippen LogP contribution in [0.1, 0.15) is 53.0 Å². The van der Waals surface area contributed by atoms with E-state index in [-0.39, 0.29) is 11.6 Å². The summed E-state index contributed by atoms with van der Waals surface area (Å²) >= 11 is 12.6.